The van der Waals surface area contributed by atoms with Crippen molar-refractivity contribution in [3.8, 4) is 0 Å². The highest BCUT2D eigenvalue weighted by molar-refractivity contribution is 6.03. The van der Waals surface area contributed by atoms with Crippen LogP contribution in [0, 0.1) is 6.92 Å². The fourth-order valence-corrected chi connectivity index (χ4v) is 2.41. The quantitative estimate of drug-likeness (QED) is 0.724. The fourth-order valence-electron chi connectivity index (χ4n) is 2.41. The third-order valence-electron chi connectivity index (χ3n) is 3.15. The van der Waals surface area contributed by atoms with Crippen LogP contribution in [-0.2, 0) is 11.2 Å². The number of aryl methyl sites for hydroxylation is 1. The summed E-state index contributed by atoms with van der Waals surface area (Å²) in [6.45, 7) is 10.6. The molecular weight excluding hydrogens is 282 g/mol. The van der Waals surface area contributed by atoms with E-state index in [0.29, 0.717) is 28.9 Å². The van der Waals surface area contributed by atoms with Crippen molar-refractivity contribution in [3.05, 3.63) is 22.5 Å². The van der Waals surface area contributed by atoms with Gasteiger partial charge in [-0.3, -0.25) is 14.4 Å². The first-order valence-electron chi connectivity index (χ1n) is 7.38. The van der Waals surface area contributed by atoms with Crippen molar-refractivity contribution in [2.45, 2.75) is 53.5 Å². The molecule has 2 amide bonds. The SMILES string of the molecule is CCc1c(C(=O)NCC(=O)NC(C)(C)C)[nH]c(C)c1C(C)=O. The van der Waals surface area contributed by atoms with Gasteiger partial charge < -0.3 is 15.6 Å². The van der Waals surface area contributed by atoms with Gasteiger partial charge in [-0.1, -0.05) is 6.92 Å². The number of carbonyl (C=O) groups is 3. The van der Waals surface area contributed by atoms with Gasteiger partial charge in [0, 0.05) is 16.8 Å². The number of amides is 2. The van der Waals surface area contributed by atoms with Crippen LogP contribution in [0.3, 0.4) is 0 Å². The molecule has 1 heterocycles. The number of ketones is 1. The molecule has 1 rings (SSSR count). The molecule has 0 saturated heterocycles. The molecular formula is C16H25N3O3. The molecule has 0 unspecified atom stereocenters. The topological polar surface area (TPSA) is 91.1 Å². The van der Waals surface area contributed by atoms with E-state index in [-0.39, 0.29) is 29.7 Å². The van der Waals surface area contributed by atoms with Gasteiger partial charge in [0.1, 0.15) is 5.69 Å². The van der Waals surface area contributed by atoms with E-state index in [1.807, 2.05) is 27.7 Å². The number of nitrogens with one attached hydrogen (secondary N) is 3. The van der Waals surface area contributed by atoms with Crippen LogP contribution in [0.4, 0.5) is 0 Å². The van der Waals surface area contributed by atoms with Gasteiger partial charge in [0.25, 0.3) is 5.91 Å². The Morgan fingerprint density at radius 2 is 1.77 bits per heavy atom. The lowest BCUT2D eigenvalue weighted by atomic mass is 10.0. The average molecular weight is 307 g/mol. The van der Waals surface area contributed by atoms with Gasteiger partial charge in [-0.15, -0.1) is 0 Å². The maximum atomic E-state index is 12.2. The standard InChI is InChI=1S/C16H25N3O3/c1-7-11-13(10(3)20)9(2)18-14(11)15(22)17-8-12(21)19-16(4,5)6/h18H,7-8H2,1-6H3,(H,17,22)(H,19,21). The minimum absolute atomic E-state index is 0.0740. The number of carbonyl (C=O) groups excluding carboxylic acids is 3. The molecule has 0 saturated carbocycles. The Hall–Kier alpha value is -2.11. The number of H-pyrrole nitrogens is 1. The Bertz CT molecular complexity index is 595. The zero-order valence-corrected chi connectivity index (χ0v) is 14.1. The highest BCUT2D eigenvalue weighted by Gasteiger charge is 2.22. The third-order valence-corrected chi connectivity index (χ3v) is 3.15. The van der Waals surface area contributed by atoms with Gasteiger partial charge in [-0.2, -0.15) is 0 Å². The molecule has 0 radical (unpaired) electrons. The average Bonchev–Trinajstić information content (AvgIpc) is 2.70. The first-order valence-corrected chi connectivity index (χ1v) is 7.38. The minimum atomic E-state index is -0.378. The number of Topliss-reactive ketones (excluding diaryl/α,β-unsaturated/α-hetero) is 1. The first kappa shape index (κ1) is 17.9. The van der Waals surface area contributed by atoms with Gasteiger partial charge in [-0.25, -0.2) is 0 Å². The zero-order chi connectivity index (χ0) is 17.1. The smallest absolute Gasteiger partial charge is 0.268 e. The van der Waals surface area contributed by atoms with Gasteiger partial charge in [0.2, 0.25) is 5.91 Å². The summed E-state index contributed by atoms with van der Waals surface area (Å²) in [7, 11) is 0. The summed E-state index contributed by atoms with van der Waals surface area (Å²) in [5.74, 6) is -0.708. The maximum Gasteiger partial charge on any atom is 0.268 e. The number of rotatable bonds is 5. The lowest BCUT2D eigenvalue weighted by molar-refractivity contribution is -0.121. The normalized spacial score (nSPS) is 11.2. The number of aromatic nitrogens is 1. The van der Waals surface area contributed by atoms with Crippen LogP contribution in [0.2, 0.25) is 0 Å². The maximum absolute atomic E-state index is 12.2. The second-order valence-corrected chi connectivity index (χ2v) is 6.37. The molecule has 6 heteroatoms. The fraction of sp³-hybridized carbons (Fsp3) is 0.562. The summed E-state index contributed by atoms with van der Waals surface area (Å²) in [6, 6.07) is 0. The van der Waals surface area contributed by atoms with E-state index < -0.39 is 0 Å². The van der Waals surface area contributed by atoms with E-state index in [9.17, 15) is 14.4 Å². The van der Waals surface area contributed by atoms with E-state index in [4.69, 9.17) is 0 Å². The highest BCUT2D eigenvalue weighted by Crippen LogP contribution is 2.20. The molecule has 22 heavy (non-hydrogen) atoms. The van der Waals surface area contributed by atoms with E-state index in [2.05, 4.69) is 15.6 Å². The van der Waals surface area contributed by atoms with Crippen LogP contribution in [-0.4, -0.2) is 34.7 Å². The second kappa shape index (κ2) is 6.77. The molecule has 0 aromatic carbocycles. The number of hydrogen-bond donors (Lipinski definition) is 3. The molecule has 0 bridgehead atoms. The molecule has 3 N–H and O–H groups in total. The Morgan fingerprint density at radius 1 is 1.18 bits per heavy atom. The van der Waals surface area contributed by atoms with Crippen molar-refractivity contribution in [3.63, 3.8) is 0 Å². The van der Waals surface area contributed by atoms with Crippen LogP contribution in [0.1, 0.15) is 66.7 Å². The zero-order valence-electron chi connectivity index (χ0n) is 14.1. The molecule has 122 valence electrons. The van der Waals surface area contributed by atoms with Crippen molar-refractivity contribution in [2.24, 2.45) is 0 Å². The summed E-state index contributed by atoms with van der Waals surface area (Å²) in [5.41, 5.74) is 1.94. The predicted octanol–water partition coefficient (Wildman–Crippen LogP) is 1.73. The van der Waals surface area contributed by atoms with Gasteiger partial charge in [-0.05, 0) is 46.6 Å². The summed E-state index contributed by atoms with van der Waals surface area (Å²) in [4.78, 5) is 38.6. The molecule has 1 aromatic heterocycles. The molecule has 0 aliphatic carbocycles. The molecule has 6 nitrogen and oxygen atoms in total. The monoisotopic (exact) mass is 307 g/mol. The first-order chi connectivity index (χ1) is 10.1. The molecule has 0 spiro atoms. The highest BCUT2D eigenvalue weighted by atomic mass is 16.2. The largest absolute Gasteiger partial charge is 0.354 e. The second-order valence-electron chi connectivity index (χ2n) is 6.37. The Balaban J connectivity index is 2.85. The molecule has 0 aliphatic heterocycles. The van der Waals surface area contributed by atoms with Crippen molar-refractivity contribution >= 4 is 17.6 Å². The van der Waals surface area contributed by atoms with Crippen LogP contribution in [0.5, 0.6) is 0 Å². The van der Waals surface area contributed by atoms with Crippen molar-refractivity contribution in [2.75, 3.05) is 6.54 Å². The van der Waals surface area contributed by atoms with Crippen LogP contribution in [0.25, 0.3) is 0 Å². The summed E-state index contributed by atoms with van der Waals surface area (Å²) >= 11 is 0. The van der Waals surface area contributed by atoms with Crippen molar-refractivity contribution < 1.29 is 14.4 Å². The Labute approximate surface area is 131 Å². The predicted molar refractivity (Wildman–Crippen MR) is 85.1 cm³/mol. The van der Waals surface area contributed by atoms with Crippen LogP contribution >= 0.6 is 0 Å². The van der Waals surface area contributed by atoms with Crippen molar-refractivity contribution in [1.82, 2.24) is 15.6 Å². The van der Waals surface area contributed by atoms with Gasteiger partial charge in [0.15, 0.2) is 5.78 Å². The Kier molecular flexibility index (Phi) is 5.52. The lowest BCUT2D eigenvalue weighted by Gasteiger charge is -2.20. The third kappa shape index (κ3) is 4.44. The minimum Gasteiger partial charge on any atom is -0.354 e. The lowest BCUT2D eigenvalue weighted by Crippen LogP contribution is -2.46. The summed E-state index contributed by atoms with van der Waals surface area (Å²) < 4.78 is 0. The van der Waals surface area contributed by atoms with Crippen molar-refractivity contribution in [1.29, 1.82) is 0 Å². The van der Waals surface area contributed by atoms with E-state index in [0.717, 1.165) is 0 Å². The molecule has 0 atom stereocenters. The van der Waals surface area contributed by atoms with Crippen LogP contribution in [0.15, 0.2) is 0 Å². The summed E-state index contributed by atoms with van der Waals surface area (Å²) in [6.07, 6.45) is 0.566. The molecule has 1 aromatic rings. The van der Waals surface area contributed by atoms with Gasteiger partial charge in [0.05, 0.1) is 6.54 Å². The summed E-state index contributed by atoms with van der Waals surface area (Å²) in [5, 5.41) is 5.35. The van der Waals surface area contributed by atoms with E-state index >= 15 is 0 Å². The van der Waals surface area contributed by atoms with Crippen LogP contribution < -0.4 is 10.6 Å². The van der Waals surface area contributed by atoms with Gasteiger partial charge >= 0.3 is 0 Å². The molecule has 0 aliphatic rings. The Morgan fingerprint density at radius 3 is 2.23 bits per heavy atom. The number of hydrogen-bond acceptors (Lipinski definition) is 3. The van der Waals surface area contributed by atoms with E-state index in [1.54, 1.807) is 6.92 Å². The number of aromatic amines is 1. The van der Waals surface area contributed by atoms with E-state index in [1.165, 1.54) is 6.92 Å². The molecule has 0 fully saturated rings.